The standard InChI is InChI=1S/C26H37N3O6S/c1-7-22(26(31)27-16-19(2)3)28(17-20-11-9-8-10-12-20)25(30)18-29(36(6,32)33)21-13-14-23(34-4)24(15-21)35-5/h8-15,19,22H,7,16-18H2,1-6H3,(H,27,31)/t22-/m0/s1. The molecule has 0 radical (unpaired) electrons. The molecule has 0 fully saturated rings. The number of hydrogen-bond acceptors (Lipinski definition) is 6. The van der Waals surface area contributed by atoms with E-state index in [-0.39, 0.29) is 24.1 Å². The van der Waals surface area contributed by atoms with Gasteiger partial charge in [0.1, 0.15) is 12.6 Å². The molecule has 0 bridgehead atoms. The molecular weight excluding hydrogens is 482 g/mol. The fourth-order valence-electron chi connectivity index (χ4n) is 3.72. The fourth-order valence-corrected chi connectivity index (χ4v) is 4.56. The Hall–Kier alpha value is -3.27. The van der Waals surface area contributed by atoms with Crippen LogP contribution in [0.3, 0.4) is 0 Å². The molecule has 0 heterocycles. The molecule has 2 aromatic carbocycles. The lowest BCUT2D eigenvalue weighted by Crippen LogP contribution is -2.52. The number of amides is 2. The molecule has 198 valence electrons. The number of sulfonamides is 1. The second kappa shape index (κ2) is 13.2. The summed E-state index contributed by atoms with van der Waals surface area (Å²) in [5.74, 6) is 0.241. The van der Waals surface area contributed by atoms with Crippen LogP contribution in [-0.4, -0.2) is 64.7 Å². The molecule has 2 amide bonds. The van der Waals surface area contributed by atoms with Crippen LogP contribution in [-0.2, 0) is 26.2 Å². The van der Waals surface area contributed by atoms with E-state index >= 15 is 0 Å². The van der Waals surface area contributed by atoms with Gasteiger partial charge in [0.25, 0.3) is 0 Å². The number of hydrogen-bond donors (Lipinski definition) is 1. The van der Waals surface area contributed by atoms with Gasteiger partial charge in [0.15, 0.2) is 11.5 Å². The number of methoxy groups -OCH3 is 2. The van der Waals surface area contributed by atoms with Gasteiger partial charge < -0.3 is 19.7 Å². The van der Waals surface area contributed by atoms with Crippen LogP contribution in [0.1, 0.15) is 32.8 Å². The maximum atomic E-state index is 13.7. The average Bonchev–Trinajstić information content (AvgIpc) is 2.85. The van der Waals surface area contributed by atoms with E-state index in [1.807, 2.05) is 51.1 Å². The van der Waals surface area contributed by atoms with Gasteiger partial charge in [-0.1, -0.05) is 51.1 Å². The van der Waals surface area contributed by atoms with Crippen molar-refractivity contribution in [2.24, 2.45) is 5.92 Å². The van der Waals surface area contributed by atoms with Gasteiger partial charge in [-0.25, -0.2) is 8.42 Å². The zero-order valence-corrected chi connectivity index (χ0v) is 22.7. The van der Waals surface area contributed by atoms with Crippen molar-refractivity contribution in [3.05, 3.63) is 54.1 Å². The third-order valence-electron chi connectivity index (χ3n) is 5.60. The van der Waals surface area contributed by atoms with Gasteiger partial charge in [0.2, 0.25) is 21.8 Å². The van der Waals surface area contributed by atoms with Crippen molar-refractivity contribution >= 4 is 27.5 Å². The minimum Gasteiger partial charge on any atom is -0.493 e. The highest BCUT2D eigenvalue weighted by molar-refractivity contribution is 7.92. The summed E-state index contributed by atoms with van der Waals surface area (Å²) >= 11 is 0. The highest BCUT2D eigenvalue weighted by Gasteiger charge is 2.32. The summed E-state index contributed by atoms with van der Waals surface area (Å²) in [6, 6.07) is 13.2. The number of carbonyl (C=O) groups is 2. The van der Waals surface area contributed by atoms with Crippen molar-refractivity contribution in [2.75, 3.05) is 37.9 Å². The summed E-state index contributed by atoms with van der Waals surface area (Å²) in [5, 5.41) is 2.90. The smallest absolute Gasteiger partial charge is 0.244 e. The normalized spacial score (nSPS) is 12.1. The third-order valence-corrected chi connectivity index (χ3v) is 6.74. The van der Waals surface area contributed by atoms with E-state index in [9.17, 15) is 18.0 Å². The number of nitrogens with zero attached hydrogens (tertiary/aromatic N) is 2. The minimum absolute atomic E-state index is 0.164. The van der Waals surface area contributed by atoms with Crippen LogP contribution >= 0.6 is 0 Å². The monoisotopic (exact) mass is 519 g/mol. The second-order valence-electron chi connectivity index (χ2n) is 8.88. The predicted octanol–water partition coefficient (Wildman–Crippen LogP) is 3.05. The van der Waals surface area contributed by atoms with Gasteiger partial charge in [-0.3, -0.25) is 13.9 Å². The maximum Gasteiger partial charge on any atom is 0.244 e. The molecule has 0 aliphatic carbocycles. The number of anilines is 1. The highest BCUT2D eigenvalue weighted by Crippen LogP contribution is 2.32. The molecule has 1 N–H and O–H groups in total. The summed E-state index contributed by atoms with van der Waals surface area (Å²) in [6.07, 6.45) is 1.41. The number of nitrogens with one attached hydrogen (secondary N) is 1. The zero-order chi connectivity index (χ0) is 26.9. The van der Waals surface area contributed by atoms with Crippen LogP contribution in [0.25, 0.3) is 0 Å². The minimum atomic E-state index is -3.85. The number of rotatable bonds is 13. The van der Waals surface area contributed by atoms with Crippen LogP contribution in [0, 0.1) is 5.92 Å². The molecule has 0 aromatic heterocycles. The zero-order valence-electron chi connectivity index (χ0n) is 21.9. The highest BCUT2D eigenvalue weighted by atomic mass is 32.2. The van der Waals surface area contributed by atoms with Gasteiger partial charge >= 0.3 is 0 Å². The molecule has 0 aliphatic heterocycles. The van der Waals surface area contributed by atoms with Gasteiger partial charge in [0.05, 0.1) is 26.2 Å². The first-order chi connectivity index (χ1) is 17.0. The molecule has 2 aromatic rings. The Balaban J connectivity index is 2.44. The van der Waals surface area contributed by atoms with Crippen LogP contribution in [0.2, 0.25) is 0 Å². The van der Waals surface area contributed by atoms with Gasteiger partial charge in [0, 0.05) is 19.2 Å². The lowest BCUT2D eigenvalue weighted by Gasteiger charge is -2.33. The molecule has 0 unspecified atom stereocenters. The Morgan fingerprint density at radius 1 is 1.00 bits per heavy atom. The molecule has 0 saturated heterocycles. The van der Waals surface area contributed by atoms with E-state index in [1.165, 1.54) is 25.2 Å². The molecule has 1 atom stereocenters. The van der Waals surface area contributed by atoms with Crippen molar-refractivity contribution in [3.63, 3.8) is 0 Å². The quantitative estimate of drug-likeness (QED) is 0.436. The summed E-state index contributed by atoms with van der Waals surface area (Å²) in [7, 11) is -0.926. The SMILES string of the molecule is CC[C@@H](C(=O)NCC(C)C)N(Cc1ccccc1)C(=O)CN(c1ccc(OC)c(OC)c1)S(C)(=O)=O. The van der Waals surface area contributed by atoms with E-state index in [4.69, 9.17) is 9.47 Å². The topological polar surface area (TPSA) is 105 Å². The molecule has 10 heteroatoms. The lowest BCUT2D eigenvalue weighted by atomic mass is 10.1. The largest absolute Gasteiger partial charge is 0.493 e. The van der Waals surface area contributed by atoms with Crippen LogP contribution in [0.5, 0.6) is 11.5 Å². The number of carbonyl (C=O) groups excluding carboxylic acids is 2. The van der Waals surface area contributed by atoms with Crippen LogP contribution in [0.4, 0.5) is 5.69 Å². The molecule has 9 nitrogen and oxygen atoms in total. The van der Waals surface area contributed by atoms with E-state index in [0.29, 0.717) is 24.5 Å². The first kappa shape index (κ1) is 29.0. The Labute approximate surface area is 214 Å². The first-order valence-electron chi connectivity index (χ1n) is 11.8. The average molecular weight is 520 g/mol. The summed E-state index contributed by atoms with van der Waals surface area (Å²) in [6.45, 7) is 5.96. The van der Waals surface area contributed by atoms with Crippen molar-refractivity contribution in [1.29, 1.82) is 0 Å². The molecule has 2 rings (SSSR count). The van der Waals surface area contributed by atoms with E-state index in [1.54, 1.807) is 12.1 Å². The predicted molar refractivity (Wildman–Crippen MR) is 141 cm³/mol. The number of benzene rings is 2. The van der Waals surface area contributed by atoms with E-state index < -0.39 is 28.5 Å². The Kier molecular flexibility index (Phi) is 10.6. The number of ether oxygens (including phenoxy) is 2. The van der Waals surface area contributed by atoms with Crippen molar-refractivity contribution in [1.82, 2.24) is 10.2 Å². The van der Waals surface area contributed by atoms with Crippen LogP contribution in [0.15, 0.2) is 48.5 Å². The fraction of sp³-hybridized carbons (Fsp3) is 0.462. The van der Waals surface area contributed by atoms with Gasteiger partial charge in [-0.15, -0.1) is 0 Å². The van der Waals surface area contributed by atoms with Crippen molar-refractivity contribution in [2.45, 2.75) is 39.8 Å². The van der Waals surface area contributed by atoms with E-state index in [0.717, 1.165) is 16.1 Å². The van der Waals surface area contributed by atoms with Crippen molar-refractivity contribution in [3.8, 4) is 11.5 Å². The van der Waals surface area contributed by atoms with E-state index in [2.05, 4.69) is 5.32 Å². The Morgan fingerprint density at radius 2 is 1.64 bits per heavy atom. The maximum absolute atomic E-state index is 13.7. The Bertz CT molecular complexity index is 1120. The summed E-state index contributed by atoms with van der Waals surface area (Å²) < 4.78 is 37.1. The third kappa shape index (κ3) is 7.87. The van der Waals surface area contributed by atoms with Crippen molar-refractivity contribution < 1.29 is 27.5 Å². The van der Waals surface area contributed by atoms with Gasteiger partial charge in [-0.05, 0) is 30.0 Å². The molecule has 0 aliphatic rings. The Morgan fingerprint density at radius 3 is 2.17 bits per heavy atom. The summed E-state index contributed by atoms with van der Waals surface area (Å²) in [4.78, 5) is 28.2. The molecule has 0 spiro atoms. The second-order valence-corrected chi connectivity index (χ2v) is 10.8. The molecule has 0 saturated carbocycles. The van der Waals surface area contributed by atoms with Crippen LogP contribution < -0.4 is 19.1 Å². The summed E-state index contributed by atoms with van der Waals surface area (Å²) in [5.41, 5.74) is 1.08. The van der Waals surface area contributed by atoms with Gasteiger partial charge in [-0.2, -0.15) is 0 Å². The molecule has 36 heavy (non-hydrogen) atoms. The first-order valence-corrected chi connectivity index (χ1v) is 13.7. The molecular formula is C26H37N3O6S. The lowest BCUT2D eigenvalue weighted by molar-refractivity contribution is -0.140.